The van der Waals surface area contributed by atoms with E-state index < -0.39 is 0 Å². The number of hydrogen-bond donors (Lipinski definition) is 2. The summed E-state index contributed by atoms with van der Waals surface area (Å²) in [5, 5.41) is 13.5. The van der Waals surface area contributed by atoms with Crippen molar-refractivity contribution in [3.8, 4) is 0 Å². The third kappa shape index (κ3) is 4.04. The van der Waals surface area contributed by atoms with Crippen LogP contribution in [-0.2, 0) is 0 Å². The molecule has 0 bridgehead atoms. The van der Waals surface area contributed by atoms with Gasteiger partial charge >= 0.3 is 0 Å². The molecule has 2 N–H and O–H groups in total. The van der Waals surface area contributed by atoms with Crippen LogP contribution in [0.25, 0.3) is 0 Å². The van der Waals surface area contributed by atoms with Crippen molar-refractivity contribution >= 4 is 0 Å². The number of nitrogens with zero attached hydrogens (tertiary/aromatic N) is 1. The van der Waals surface area contributed by atoms with Crippen molar-refractivity contribution in [2.75, 3.05) is 26.2 Å². The van der Waals surface area contributed by atoms with E-state index in [1.54, 1.807) is 0 Å². The summed E-state index contributed by atoms with van der Waals surface area (Å²) in [5.74, 6) is 0. The van der Waals surface area contributed by atoms with E-state index in [4.69, 9.17) is 0 Å². The first kappa shape index (κ1) is 12.3. The molecule has 1 aliphatic heterocycles. The van der Waals surface area contributed by atoms with Crippen LogP contribution in [0.3, 0.4) is 0 Å². The molecule has 2 rings (SSSR count). The molecule has 2 fully saturated rings. The molecular weight excluding hydrogens is 200 g/mol. The number of β-amino-alcohol motifs (C(OH)–C–C–N with tert-alkyl or cyclic N) is 1. The monoisotopic (exact) mass is 226 g/mol. The Kier molecular flexibility index (Phi) is 5.07. The summed E-state index contributed by atoms with van der Waals surface area (Å²) >= 11 is 0. The molecule has 2 aliphatic rings. The van der Waals surface area contributed by atoms with Crippen LogP contribution in [-0.4, -0.2) is 48.3 Å². The molecule has 1 saturated carbocycles. The Labute approximate surface area is 99.2 Å². The molecule has 1 unspecified atom stereocenters. The Morgan fingerprint density at radius 1 is 1.06 bits per heavy atom. The van der Waals surface area contributed by atoms with Crippen LogP contribution in [0.1, 0.15) is 44.9 Å². The zero-order valence-corrected chi connectivity index (χ0v) is 10.3. The minimum Gasteiger partial charge on any atom is -0.390 e. The van der Waals surface area contributed by atoms with Crippen molar-refractivity contribution in [2.24, 2.45) is 0 Å². The molecule has 3 nitrogen and oxygen atoms in total. The molecule has 1 aliphatic carbocycles. The fourth-order valence-electron chi connectivity index (χ4n) is 2.94. The maximum atomic E-state index is 9.94. The van der Waals surface area contributed by atoms with Crippen LogP contribution < -0.4 is 5.32 Å². The lowest BCUT2D eigenvalue weighted by Crippen LogP contribution is -2.41. The first-order valence-corrected chi connectivity index (χ1v) is 6.98. The van der Waals surface area contributed by atoms with Gasteiger partial charge in [0.1, 0.15) is 0 Å². The molecule has 0 aromatic carbocycles. The van der Waals surface area contributed by atoms with E-state index in [9.17, 15) is 5.11 Å². The van der Waals surface area contributed by atoms with Gasteiger partial charge in [-0.3, -0.25) is 0 Å². The fraction of sp³-hybridized carbons (Fsp3) is 1.00. The molecule has 0 aromatic rings. The highest BCUT2D eigenvalue weighted by Gasteiger charge is 2.17. The lowest BCUT2D eigenvalue weighted by Gasteiger charge is -2.25. The van der Waals surface area contributed by atoms with Gasteiger partial charge in [0.05, 0.1) is 6.10 Å². The van der Waals surface area contributed by atoms with Crippen molar-refractivity contribution < 1.29 is 5.11 Å². The highest BCUT2D eigenvalue weighted by atomic mass is 16.3. The van der Waals surface area contributed by atoms with Crippen LogP contribution >= 0.6 is 0 Å². The largest absolute Gasteiger partial charge is 0.390 e. The zero-order chi connectivity index (χ0) is 11.2. The van der Waals surface area contributed by atoms with Crippen molar-refractivity contribution in [3.05, 3.63) is 0 Å². The van der Waals surface area contributed by atoms with E-state index in [-0.39, 0.29) is 6.10 Å². The van der Waals surface area contributed by atoms with Gasteiger partial charge in [-0.1, -0.05) is 19.3 Å². The summed E-state index contributed by atoms with van der Waals surface area (Å²) < 4.78 is 0. The summed E-state index contributed by atoms with van der Waals surface area (Å²) in [4.78, 5) is 2.38. The molecule has 94 valence electrons. The van der Waals surface area contributed by atoms with Crippen molar-refractivity contribution in [1.29, 1.82) is 0 Å². The lowest BCUT2D eigenvalue weighted by molar-refractivity contribution is 0.118. The smallest absolute Gasteiger partial charge is 0.0791 e. The van der Waals surface area contributed by atoms with Crippen LogP contribution in [0.4, 0.5) is 0 Å². The van der Waals surface area contributed by atoms with Gasteiger partial charge in [-0.2, -0.15) is 0 Å². The van der Waals surface area contributed by atoms with Crippen LogP contribution in [0.15, 0.2) is 0 Å². The maximum absolute atomic E-state index is 9.94. The summed E-state index contributed by atoms with van der Waals surface area (Å²) in [6.07, 6.45) is 9.16. The fourth-order valence-corrected chi connectivity index (χ4v) is 2.94. The molecule has 1 atom stereocenters. The quantitative estimate of drug-likeness (QED) is 0.743. The highest BCUT2D eigenvalue weighted by Crippen LogP contribution is 2.17. The van der Waals surface area contributed by atoms with Gasteiger partial charge in [0, 0.05) is 19.1 Å². The first-order valence-electron chi connectivity index (χ1n) is 6.98. The number of hydrogen-bond acceptors (Lipinski definition) is 3. The van der Waals surface area contributed by atoms with Gasteiger partial charge in [-0.25, -0.2) is 0 Å². The second kappa shape index (κ2) is 6.58. The normalized spacial score (nSPS) is 26.1. The van der Waals surface area contributed by atoms with Gasteiger partial charge < -0.3 is 15.3 Å². The molecule has 0 radical (unpaired) electrons. The van der Waals surface area contributed by atoms with E-state index in [2.05, 4.69) is 10.2 Å². The zero-order valence-electron chi connectivity index (χ0n) is 10.3. The van der Waals surface area contributed by atoms with Crippen LogP contribution in [0.5, 0.6) is 0 Å². The average Bonchev–Trinajstić information content (AvgIpc) is 2.81. The van der Waals surface area contributed by atoms with Crippen molar-refractivity contribution in [3.63, 3.8) is 0 Å². The van der Waals surface area contributed by atoms with E-state index in [0.717, 1.165) is 13.1 Å². The molecule has 1 saturated heterocycles. The summed E-state index contributed by atoms with van der Waals surface area (Å²) in [6, 6.07) is 0.668. The third-order valence-corrected chi connectivity index (χ3v) is 3.91. The molecule has 1 heterocycles. The summed E-state index contributed by atoms with van der Waals surface area (Å²) in [6.45, 7) is 4.00. The number of nitrogens with one attached hydrogen (secondary N) is 1. The topological polar surface area (TPSA) is 35.5 Å². The van der Waals surface area contributed by atoms with Gasteiger partial charge in [-0.05, 0) is 38.8 Å². The van der Waals surface area contributed by atoms with E-state index in [0.29, 0.717) is 6.04 Å². The molecule has 16 heavy (non-hydrogen) atoms. The number of likely N-dealkylation sites (tertiary alicyclic amines) is 1. The minimum absolute atomic E-state index is 0.181. The van der Waals surface area contributed by atoms with E-state index in [1.807, 2.05) is 0 Å². The van der Waals surface area contributed by atoms with Gasteiger partial charge in [0.15, 0.2) is 0 Å². The Morgan fingerprint density at radius 3 is 2.44 bits per heavy atom. The molecule has 0 spiro atoms. The number of rotatable bonds is 5. The number of aliphatic hydroxyl groups is 1. The maximum Gasteiger partial charge on any atom is 0.0791 e. The molecule has 0 aromatic heterocycles. The van der Waals surface area contributed by atoms with Gasteiger partial charge in [-0.15, -0.1) is 0 Å². The Bertz CT molecular complexity index is 186. The highest BCUT2D eigenvalue weighted by molar-refractivity contribution is 4.76. The lowest BCUT2D eigenvalue weighted by atomic mass is 9.95. The van der Waals surface area contributed by atoms with Gasteiger partial charge in [0.25, 0.3) is 0 Å². The van der Waals surface area contributed by atoms with Crippen LogP contribution in [0.2, 0.25) is 0 Å². The standard InChI is InChI=1S/C13H26N2O/c16-13(11-15-8-4-5-9-15)10-14-12-6-2-1-3-7-12/h12-14,16H,1-11H2. The predicted octanol–water partition coefficient (Wildman–Crippen LogP) is 1.37. The van der Waals surface area contributed by atoms with Gasteiger partial charge in [0.2, 0.25) is 0 Å². The molecule has 3 heteroatoms. The minimum atomic E-state index is -0.181. The second-order valence-corrected chi connectivity index (χ2v) is 5.40. The van der Waals surface area contributed by atoms with E-state index >= 15 is 0 Å². The number of aliphatic hydroxyl groups excluding tert-OH is 1. The summed E-state index contributed by atoms with van der Waals surface area (Å²) in [5.41, 5.74) is 0. The summed E-state index contributed by atoms with van der Waals surface area (Å²) in [7, 11) is 0. The third-order valence-electron chi connectivity index (χ3n) is 3.91. The molecular formula is C13H26N2O. The van der Waals surface area contributed by atoms with E-state index in [1.165, 1.54) is 58.0 Å². The van der Waals surface area contributed by atoms with Crippen LogP contribution in [0, 0.1) is 0 Å². The first-order chi connectivity index (χ1) is 7.84. The SMILES string of the molecule is OC(CNC1CCCCC1)CN1CCCC1. The van der Waals surface area contributed by atoms with Crippen molar-refractivity contribution in [2.45, 2.75) is 57.1 Å². The Hall–Kier alpha value is -0.120. The predicted molar refractivity (Wildman–Crippen MR) is 66.6 cm³/mol. The Balaban J connectivity index is 1.57. The average molecular weight is 226 g/mol. The molecule has 0 amide bonds. The van der Waals surface area contributed by atoms with Crippen molar-refractivity contribution in [1.82, 2.24) is 10.2 Å². The second-order valence-electron chi connectivity index (χ2n) is 5.40. The Morgan fingerprint density at radius 2 is 1.75 bits per heavy atom.